The molecule has 1 aliphatic rings. The number of ether oxygens (including phenoxy) is 1. The molecule has 10 heteroatoms. The van der Waals surface area contributed by atoms with Gasteiger partial charge in [0.15, 0.2) is 5.34 Å². The molecule has 7 atom stereocenters. The molecule has 9 nitrogen and oxygen atoms in total. The summed E-state index contributed by atoms with van der Waals surface area (Å²) in [6, 6.07) is 1.51. The van der Waals surface area contributed by atoms with Crippen molar-refractivity contribution in [3.8, 4) is 12.3 Å². The fraction of sp³-hybridized carbons (Fsp3) is 0.667. The van der Waals surface area contributed by atoms with E-state index in [2.05, 4.69) is 10.9 Å². The SMILES string of the molecule is C#Cc1[nH]c(=O)c(C)cc1[C@@H]1O[C@H](CC(C)(CC)OP(=O)(O)C(C)(O)CC)C(O)[C@@H]1O. The van der Waals surface area contributed by atoms with Crippen molar-refractivity contribution in [1.82, 2.24) is 4.98 Å². The van der Waals surface area contributed by atoms with E-state index in [-0.39, 0.29) is 30.5 Å². The summed E-state index contributed by atoms with van der Waals surface area (Å²) in [5.41, 5.74) is -0.739. The summed E-state index contributed by atoms with van der Waals surface area (Å²) >= 11 is 0. The molecular formula is C21H32NO8P. The second-order valence-electron chi connectivity index (χ2n) is 8.52. The number of hydrogen-bond donors (Lipinski definition) is 5. The standard InChI is InChI=1S/C21H32NO8P/c1-7-14-13(10-12(4)19(25)22-14)18-17(24)16(23)15(29-18)11-20(5,8-2)30-31(27,28)21(6,26)9-3/h1,10,15-18,23-24,26H,8-9,11H2,2-6H3,(H,22,25)(H,27,28)/t15-,16?,17+,18+,20?,21?/m1/s1. The van der Waals surface area contributed by atoms with Gasteiger partial charge < -0.3 is 34.5 Å². The van der Waals surface area contributed by atoms with Gasteiger partial charge in [-0.25, -0.2) is 0 Å². The lowest BCUT2D eigenvalue weighted by atomic mass is 9.92. The van der Waals surface area contributed by atoms with Gasteiger partial charge in [-0.2, -0.15) is 0 Å². The number of hydrogen-bond acceptors (Lipinski definition) is 7. The lowest BCUT2D eigenvalue weighted by molar-refractivity contribution is -0.0531. The van der Waals surface area contributed by atoms with E-state index < -0.39 is 43.0 Å². The van der Waals surface area contributed by atoms with E-state index >= 15 is 0 Å². The van der Waals surface area contributed by atoms with Gasteiger partial charge >= 0.3 is 7.60 Å². The molecule has 1 saturated heterocycles. The van der Waals surface area contributed by atoms with Crippen molar-refractivity contribution in [1.29, 1.82) is 0 Å². The molecule has 1 aromatic rings. The maximum absolute atomic E-state index is 12.7. The summed E-state index contributed by atoms with van der Waals surface area (Å²) in [7, 11) is -4.43. The predicted octanol–water partition coefficient (Wildman–Crippen LogP) is 1.71. The number of terminal acetylenes is 1. The number of H-pyrrole nitrogens is 1. The highest BCUT2D eigenvalue weighted by Crippen LogP contribution is 2.59. The van der Waals surface area contributed by atoms with Crippen LogP contribution in [0.5, 0.6) is 0 Å². The van der Waals surface area contributed by atoms with Crippen LogP contribution in [0.15, 0.2) is 10.9 Å². The van der Waals surface area contributed by atoms with Gasteiger partial charge in [-0.05, 0) is 39.7 Å². The van der Waals surface area contributed by atoms with Crippen LogP contribution in [0.1, 0.15) is 69.9 Å². The maximum atomic E-state index is 12.7. The number of aliphatic hydroxyl groups excluding tert-OH is 2. The van der Waals surface area contributed by atoms with Crippen LogP contribution in [-0.2, 0) is 13.8 Å². The first-order chi connectivity index (χ1) is 14.2. The minimum absolute atomic E-state index is 0.00431. The number of pyridine rings is 1. The molecule has 0 amide bonds. The molecule has 2 heterocycles. The number of aryl methyl sites for hydroxylation is 1. The van der Waals surface area contributed by atoms with Crippen LogP contribution in [-0.4, -0.2) is 54.5 Å². The second kappa shape index (κ2) is 9.16. The average Bonchev–Trinajstić information content (AvgIpc) is 2.97. The third-order valence-electron chi connectivity index (χ3n) is 6.07. The predicted molar refractivity (Wildman–Crippen MR) is 115 cm³/mol. The molecule has 2 rings (SSSR count). The number of aromatic nitrogens is 1. The fourth-order valence-electron chi connectivity index (χ4n) is 3.44. The third-order valence-corrected chi connectivity index (χ3v) is 8.30. The Morgan fingerprint density at radius 1 is 1.29 bits per heavy atom. The minimum atomic E-state index is -4.43. The maximum Gasteiger partial charge on any atom is 0.359 e. The highest BCUT2D eigenvalue weighted by molar-refractivity contribution is 7.54. The van der Waals surface area contributed by atoms with E-state index in [4.69, 9.17) is 15.7 Å². The van der Waals surface area contributed by atoms with Gasteiger partial charge in [-0.3, -0.25) is 9.36 Å². The van der Waals surface area contributed by atoms with E-state index in [1.54, 1.807) is 27.7 Å². The summed E-state index contributed by atoms with van der Waals surface area (Å²) in [6.45, 7) is 7.68. The topological polar surface area (TPSA) is 149 Å². The zero-order valence-corrected chi connectivity index (χ0v) is 19.3. The molecule has 0 bridgehead atoms. The minimum Gasteiger partial charge on any atom is -0.388 e. The van der Waals surface area contributed by atoms with Crippen LogP contribution in [0.3, 0.4) is 0 Å². The molecule has 4 unspecified atom stereocenters. The summed E-state index contributed by atoms with van der Waals surface area (Å²) in [6.07, 6.45) is 1.09. The Labute approximate surface area is 182 Å². The molecule has 31 heavy (non-hydrogen) atoms. The summed E-state index contributed by atoms with van der Waals surface area (Å²) in [4.78, 5) is 24.7. The first-order valence-corrected chi connectivity index (χ1v) is 11.8. The molecule has 0 spiro atoms. The van der Waals surface area contributed by atoms with E-state index in [0.29, 0.717) is 11.1 Å². The number of nitrogens with one attached hydrogen (secondary N) is 1. The highest BCUT2D eigenvalue weighted by Gasteiger charge is 2.50. The zero-order valence-electron chi connectivity index (χ0n) is 18.5. The molecule has 1 aromatic heterocycles. The number of aromatic amines is 1. The van der Waals surface area contributed by atoms with E-state index in [1.165, 1.54) is 13.0 Å². The van der Waals surface area contributed by atoms with Crippen molar-refractivity contribution in [2.24, 2.45) is 0 Å². The molecule has 0 aliphatic carbocycles. The van der Waals surface area contributed by atoms with Gasteiger partial charge in [0.2, 0.25) is 0 Å². The smallest absolute Gasteiger partial charge is 0.359 e. The monoisotopic (exact) mass is 457 g/mol. The quantitative estimate of drug-likeness (QED) is 0.293. The number of aliphatic hydroxyl groups is 3. The Morgan fingerprint density at radius 3 is 2.42 bits per heavy atom. The van der Waals surface area contributed by atoms with Crippen molar-refractivity contribution in [2.75, 3.05) is 0 Å². The van der Waals surface area contributed by atoms with Gasteiger partial charge in [0.05, 0.1) is 17.4 Å². The van der Waals surface area contributed by atoms with Gasteiger partial charge in [-0.15, -0.1) is 6.42 Å². The molecule has 1 aliphatic heterocycles. The molecule has 0 radical (unpaired) electrons. The average molecular weight is 457 g/mol. The summed E-state index contributed by atoms with van der Waals surface area (Å²) in [5, 5.41) is 29.5. The van der Waals surface area contributed by atoms with Crippen LogP contribution < -0.4 is 5.56 Å². The first-order valence-electron chi connectivity index (χ1n) is 10.2. The molecule has 0 saturated carbocycles. The summed E-state index contributed by atoms with van der Waals surface area (Å²) < 4.78 is 24.1. The lowest BCUT2D eigenvalue weighted by Gasteiger charge is -2.37. The highest BCUT2D eigenvalue weighted by atomic mass is 31.2. The molecule has 174 valence electrons. The summed E-state index contributed by atoms with van der Waals surface area (Å²) in [5.74, 6) is 2.35. The van der Waals surface area contributed by atoms with Crippen LogP contribution in [0, 0.1) is 19.3 Å². The number of rotatable bonds is 8. The van der Waals surface area contributed by atoms with Crippen LogP contribution in [0.4, 0.5) is 0 Å². The third kappa shape index (κ3) is 5.12. The molecular weight excluding hydrogens is 425 g/mol. The molecule has 1 fully saturated rings. The van der Waals surface area contributed by atoms with E-state index in [0.717, 1.165) is 0 Å². The lowest BCUT2D eigenvalue weighted by Crippen LogP contribution is -2.40. The molecule has 0 aromatic carbocycles. The van der Waals surface area contributed by atoms with Crippen molar-refractivity contribution >= 4 is 7.60 Å². The van der Waals surface area contributed by atoms with Gasteiger partial charge in [-0.1, -0.05) is 19.8 Å². The second-order valence-corrected chi connectivity index (χ2v) is 10.7. The Balaban J connectivity index is 2.31. The molecule has 5 N–H and O–H groups in total. The van der Waals surface area contributed by atoms with Crippen molar-refractivity contribution in [3.63, 3.8) is 0 Å². The van der Waals surface area contributed by atoms with E-state index in [1.807, 2.05) is 0 Å². The Hall–Kier alpha value is -1.50. The Kier molecular flexibility index (Phi) is 7.61. The van der Waals surface area contributed by atoms with Crippen LogP contribution >= 0.6 is 7.60 Å². The zero-order chi connectivity index (χ0) is 23.8. The first kappa shape index (κ1) is 25.8. The fourth-order valence-corrected chi connectivity index (χ4v) is 4.84. The van der Waals surface area contributed by atoms with E-state index in [9.17, 15) is 29.6 Å². The normalized spacial score (nSPS) is 29.5. The van der Waals surface area contributed by atoms with Gasteiger partial charge in [0, 0.05) is 17.5 Å². The Bertz CT molecular complexity index is 952. The van der Waals surface area contributed by atoms with Gasteiger partial charge in [0.25, 0.3) is 5.56 Å². The van der Waals surface area contributed by atoms with Crippen molar-refractivity contribution in [2.45, 2.75) is 89.2 Å². The van der Waals surface area contributed by atoms with Crippen LogP contribution in [0.2, 0.25) is 0 Å². The Morgan fingerprint density at radius 2 is 1.90 bits per heavy atom. The van der Waals surface area contributed by atoms with Crippen LogP contribution in [0.25, 0.3) is 0 Å². The largest absolute Gasteiger partial charge is 0.388 e. The van der Waals surface area contributed by atoms with Crippen molar-refractivity contribution < 1.29 is 34.0 Å². The van der Waals surface area contributed by atoms with Crippen molar-refractivity contribution in [3.05, 3.63) is 33.2 Å². The van der Waals surface area contributed by atoms with Gasteiger partial charge in [0.1, 0.15) is 18.3 Å².